The van der Waals surface area contributed by atoms with Crippen LogP contribution in [0.3, 0.4) is 0 Å². The van der Waals surface area contributed by atoms with E-state index in [1.165, 1.54) is 46.9 Å². The van der Waals surface area contributed by atoms with E-state index in [9.17, 15) is 0 Å². The molecule has 1 aromatic heterocycles. The summed E-state index contributed by atoms with van der Waals surface area (Å²) < 4.78 is 0. The van der Waals surface area contributed by atoms with E-state index in [4.69, 9.17) is 0 Å². The van der Waals surface area contributed by atoms with Gasteiger partial charge in [0.25, 0.3) is 0 Å². The highest BCUT2D eigenvalue weighted by atomic mass is 127. The molecule has 3 rings (SSSR count). The minimum Gasteiger partial charge on any atom is -0.356 e. The summed E-state index contributed by atoms with van der Waals surface area (Å²) in [7, 11) is 1.81. The molecule has 28 heavy (non-hydrogen) atoms. The molecule has 1 fully saturated rings. The molecule has 5 nitrogen and oxygen atoms in total. The SMILES string of the molecule is CN=C(NCCc1nc(C)c(C)s1)NCc1ccc(CN2CCCC2)cc1.I. The van der Waals surface area contributed by atoms with Crippen molar-refractivity contribution in [3.05, 3.63) is 51.0 Å². The van der Waals surface area contributed by atoms with Crippen LogP contribution < -0.4 is 10.6 Å². The summed E-state index contributed by atoms with van der Waals surface area (Å²) in [6.07, 6.45) is 3.61. The van der Waals surface area contributed by atoms with E-state index in [0.29, 0.717) is 0 Å². The number of aryl methyl sites for hydroxylation is 2. The molecule has 0 atom stereocenters. The smallest absolute Gasteiger partial charge is 0.191 e. The summed E-state index contributed by atoms with van der Waals surface area (Å²) in [6, 6.07) is 8.93. The predicted octanol–water partition coefficient (Wildman–Crippen LogP) is 3.88. The van der Waals surface area contributed by atoms with Gasteiger partial charge in [-0.05, 0) is 50.9 Å². The first-order valence-corrected chi connectivity index (χ1v) is 10.6. The average Bonchev–Trinajstić information content (AvgIpc) is 3.29. The zero-order chi connectivity index (χ0) is 19.1. The van der Waals surface area contributed by atoms with Crippen molar-refractivity contribution in [3.8, 4) is 0 Å². The molecule has 1 saturated heterocycles. The normalized spacial score (nSPS) is 14.8. The Hall–Kier alpha value is -1.19. The van der Waals surface area contributed by atoms with Crippen molar-refractivity contribution < 1.29 is 0 Å². The minimum absolute atomic E-state index is 0. The lowest BCUT2D eigenvalue weighted by molar-refractivity contribution is 0.331. The molecular formula is C21H32IN5S. The van der Waals surface area contributed by atoms with E-state index in [0.717, 1.165) is 37.7 Å². The molecule has 0 aliphatic carbocycles. The van der Waals surface area contributed by atoms with E-state index >= 15 is 0 Å². The Labute approximate surface area is 190 Å². The number of benzene rings is 1. The van der Waals surface area contributed by atoms with E-state index in [1.807, 2.05) is 7.05 Å². The molecule has 1 aromatic carbocycles. The standard InChI is InChI=1S/C21H31N5S.HI/c1-16-17(2)27-20(25-16)10-11-23-21(22-3)24-14-18-6-8-19(9-7-18)15-26-12-4-5-13-26;/h6-9H,4-5,10-15H2,1-3H3,(H2,22,23,24);1H. The van der Waals surface area contributed by atoms with Crippen LogP contribution in [0.25, 0.3) is 0 Å². The number of halogens is 1. The highest BCUT2D eigenvalue weighted by molar-refractivity contribution is 14.0. The summed E-state index contributed by atoms with van der Waals surface area (Å²) in [6.45, 7) is 9.37. The van der Waals surface area contributed by atoms with Gasteiger partial charge in [0, 0.05) is 38.0 Å². The molecule has 2 N–H and O–H groups in total. The molecule has 0 spiro atoms. The van der Waals surface area contributed by atoms with E-state index < -0.39 is 0 Å². The van der Waals surface area contributed by atoms with Crippen LogP contribution in [0.5, 0.6) is 0 Å². The number of nitrogens with zero attached hydrogens (tertiary/aromatic N) is 3. The van der Waals surface area contributed by atoms with Crippen molar-refractivity contribution in [2.75, 3.05) is 26.7 Å². The Kier molecular flexibility index (Phi) is 9.67. The maximum atomic E-state index is 4.59. The summed E-state index contributed by atoms with van der Waals surface area (Å²) in [5.41, 5.74) is 3.82. The molecule has 154 valence electrons. The van der Waals surface area contributed by atoms with Gasteiger partial charge in [0.05, 0.1) is 10.7 Å². The first-order valence-electron chi connectivity index (χ1n) is 9.81. The third-order valence-electron chi connectivity index (χ3n) is 5.02. The number of rotatable bonds is 7. The van der Waals surface area contributed by atoms with Crippen molar-refractivity contribution in [1.82, 2.24) is 20.5 Å². The molecular weight excluding hydrogens is 481 g/mol. The van der Waals surface area contributed by atoms with Crippen LogP contribution in [-0.4, -0.2) is 42.5 Å². The van der Waals surface area contributed by atoms with Gasteiger partial charge in [-0.3, -0.25) is 9.89 Å². The van der Waals surface area contributed by atoms with Crippen LogP contribution >= 0.6 is 35.3 Å². The number of thiazole rings is 1. The van der Waals surface area contributed by atoms with Crippen LogP contribution in [0.2, 0.25) is 0 Å². The lowest BCUT2D eigenvalue weighted by Crippen LogP contribution is -2.37. The molecule has 0 amide bonds. The zero-order valence-corrected chi connectivity index (χ0v) is 20.3. The zero-order valence-electron chi connectivity index (χ0n) is 17.1. The van der Waals surface area contributed by atoms with Gasteiger partial charge in [-0.25, -0.2) is 4.98 Å². The van der Waals surface area contributed by atoms with Gasteiger partial charge in [-0.1, -0.05) is 24.3 Å². The van der Waals surface area contributed by atoms with Gasteiger partial charge in [0.15, 0.2) is 5.96 Å². The Morgan fingerprint density at radius 2 is 1.79 bits per heavy atom. The van der Waals surface area contributed by atoms with Gasteiger partial charge in [-0.15, -0.1) is 35.3 Å². The third kappa shape index (κ3) is 7.00. The van der Waals surface area contributed by atoms with Crippen LogP contribution in [0.15, 0.2) is 29.3 Å². The molecule has 0 unspecified atom stereocenters. The van der Waals surface area contributed by atoms with Crippen LogP contribution in [0, 0.1) is 13.8 Å². The maximum absolute atomic E-state index is 4.59. The maximum Gasteiger partial charge on any atom is 0.191 e. The van der Waals surface area contributed by atoms with Gasteiger partial charge < -0.3 is 10.6 Å². The van der Waals surface area contributed by atoms with E-state index in [-0.39, 0.29) is 24.0 Å². The van der Waals surface area contributed by atoms with E-state index in [2.05, 4.69) is 63.6 Å². The highest BCUT2D eigenvalue weighted by Gasteiger charge is 2.11. The molecule has 7 heteroatoms. The summed E-state index contributed by atoms with van der Waals surface area (Å²) in [4.78, 5) is 12.7. The van der Waals surface area contributed by atoms with Crippen molar-refractivity contribution in [3.63, 3.8) is 0 Å². The summed E-state index contributed by atoms with van der Waals surface area (Å²) in [5.74, 6) is 0.834. The quantitative estimate of drug-likeness (QED) is 0.335. The lowest BCUT2D eigenvalue weighted by atomic mass is 10.1. The molecule has 2 heterocycles. The second-order valence-electron chi connectivity index (χ2n) is 7.15. The number of hydrogen-bond acceptors (Lipinski definition) is 4. The first-order chi connectivity index (χ1) is 13.1. The second kappa shape index (κ2) is 11.7. The monoisotopic (exact) mass is 513 g/mol. The second-order valence-corrected chi connectivity index (χ2v) is 8.44. The predicted molar refractivity (Wildman–Crippen MR) is 130 cm³/mol. The number of aromatic nitrogens is 1. The fourth-order valence-electron chi connectivity index (χ4n) is 3.30. The molecule has 1 aliphatic rings. The number of likely N-dealkylation sites (tertiary alicyclic amines) is 1. The lowest BCUT2D eigenvalue weighted by Gasteiger charge is -2.15. The molecule has 0 saturated carbocycles. The molecule has 2 aromatic rings. The third-order valence-corrected chi connectivity index (χ3v) is 6.15. The van der Waals surface area contributed by atoms with Gasteiger partial charge in [0.1, 0.15) is 0 Å². The summed E-state index contributed by atoms with van der Waals surface area (Å²) in [5, 5.41) is 7.95. The number of aliphatic imine (C=N–C) groups is 1. The number of guanidine groups is 1. The molecule has 0 bridgehead atoms. The Bertz CT molecular complexity index is 731. The Morgan fingerprint density at radius 1 is 1.11 bits per heavy atom. The van der Waals surface area contributed by atoms with Gasteiger partial charge >= 0.3 is 0 Å². The molecule has 0 radical (unpaired) electrons. The van der Waals surface area contributed by atoms with Crippen LogP contribution in [0.1, 0.15) is 39.5 Å². The molecule has 1 aliphatic heterocycles. The minimum atomic E-state index is 0. The fourth-order valence-corrected chi connectivity index (χ4v) is 4.24. The van der Waals surface area contributed by atoms with Crippen molar-refractivity contribution in [1.29, 1.82) is 0 Å². The number of hydrogen-bond donors (Lipinski definition) is 2. The largest absolute Gasteiger partial charge is 0.356 e. The van der Waals surface area contributed by atoms with Crippen LogP contribution in [-0.2, 0) is 19.5 Å². The van der Waals surface area contributed by atoms with Gasteiger partial charge in [0.2, 0.25) is 0 Å². The first kappa shape index (κ1) is 23.1. The Balaban J connectivity index is 0.00000280. The van der Waals surface area contributed by atoms with Crippen LogP contribution in [0.4, 0.5) is 0 Å². The Morgan fingerprint density at radius 3 is 2.39 bits per heavy atom. The van der Waals surface area contributed by atoms with Gasteiger partial charge in [-0.2, -0.15) is 0 Å². The fraction of sp³-hybridized carbons (Fsp3) is 0.524. The van der Waals surface area contributed by atoms with E-state index in [1.54, 1.807) is 11.3 Å². The highest BCUT2D eigenvalue weighted by Crippen LogP contribution is 2.16. The average molecular weight is 513 g/mol. The topological polar surface area (TPSA) is 52.6 Å². The number of nitrogens with one attached hydrogen (secondary N) is 2. The van der Waals surface area contributed by atoms with Crippen molar-refractivity contribution in [2.45, 2.75) is 46.2 Å². The van der Waals surface area contributed by atoms with Crippen molar-refractivity contribution in [2.24, 2.45) is 4.99 Å². The van der Waals surface area contributed by atoms with Crippen molar-refractivity contribution >= 4 is 41.3 Å². The summed E-state index contributed by atoms with van der Waals surface area (Å²) >= 11 is 1.78.